The van der Waals surface area contributed by atoms with Crippen molar-refractivity contribution in [1.82, 2.24) is 19.8 Å². The van der Waals surface area contributed by atoms with Crippen molar-refractivity contribution in [2.24, 2.45) is 0 Å². The Hall–Kier alpha value is -1.04. The number of ether oxygens (including phenoxy) is 1. The Morgan fingerprint density at radius 3 is 2.62 bits per heavy atom. The van der Waals surface area contributed by atoms with E-state index in [2.05, 4.69) is 37.8 Å². The molecule has 0 unspecified atom stereocenters. The van der Waals surface area contributed by atoms with Crippen molar-refractivity contribution in [1.29, 1.82) is 0 Å². The molecule has 0 saturated carbocycles. The zero-order chi connectivity index (χ0) is 22.7. The molecule has 0 radical (unpaired) electrons. The number of rotatable bonds is 8. The number of morpholine rings is 1. The molecule has 0 atom stereocenters. The first-order valence-electron chi connectivity index (χ1n) is 11.2. The van der Waals surface area contributed by atoms with E-state index in [1.54, 1.807) is 11.3 Å². The van der Waals surface area contributed by atoms with Gasteiger partial charge in [0, 0.05) is 49.9 Å². The quantitative estimate of drug-likeness (QED) is 0.510. The number of halogens is 1. The first kappa shape index (κ1) is 24.1. The molecular formula is C21H32ClN5O3S2. The van der Waals surface area contributed by atoms with Crippen molar-refractivity contribution in [3.05, 3.63) is 16.2 Å². The predicted molar refractivity (Wildman–Crippen MR) is 131 cm³/mol. The molecule has 2 aliphatic rings. The summed E-state index contributed by atoms with van der Waals surface area (Å²) in [5, 5.41) is 0.295. The molecule has 0 bridgehead atoms. The van der Waals surface area contributed by atoms with Gasteiger partial charge < -0.3 is 14.5 Å². The minimum atomic E-state index is -2.88. The third kappa shape index (κ3) is 6.30. The van der Waals surface area contributed by atoms with Crippen LogP contribution in [0.4, 0.5) is 5.82 Å². The van der Waals surface area contributed by atoms with E-state index in [9.17, 15) is 8.42 Å². The highest BCUT2D eigenvalue weighted by Gasteiger charge is 2.24. The van der Waals surface area contributed by atoms with Gasteiger partial charge in [0.2, 0.25) is 5.28 Å². The third-order valence-electron chi connectivity index (χ3n) is 6.27. The van der Waals surface area contributed by atoms with E-state index < -0.39 is 9.84 Å². The summed E-state index contributed by atoms with van der Waals surface area (Å²) in [6.07, 6.45) is 4.21. The Balaban J connectivity index is 1.34. The topological polar surface area (TPSA) is 78.9 Å². The first-order valence-corrected chi connectivity index (χ1v) is 14.4. The van der Waals surface area contributed by atoms with Crippen LogP contribution in [0.5, 0.6) is 0 Å². The number of likely N-dealkylation sites (tertiary alicyclic amines) is 1. The molecule has 4 rings (SSSR count). The van der Waals surface area contributed by atoms with E-state index in [0.717, 1.165) is 68.1 Å². The number of anilines is 1. The summed E-state index contributed by atoms with van der Waals surface area (Å²) < 4.78 is 29.3. The van der Waals surface area contributed by atoms with Crippen LogP contribution in [0, 0.1) is 0 Å². The van der Waals surface area contributed by atoms with E-state index >= 15 is 0 Å². The molecule has 2 aromatic rings. The van der Waals surface area contributed by atoms with Crippen molar-refractivity contribution in [3.8, 4) is 0 Å². The van der Waals surface area contributed by atoms with Crippen molar-refractivity contribution in [2.45, 2.75) is 31.8 Å². The van der Waals surface area contributed by atoms with Gasteiger partial charge in [0.15, 0.2) is 5.82 Å². The maximum absolute atomic E-state index is 11.4. The highest BCUT2D eigenvalue weighted by molar-refractivity contribution is 7.90. The lowest BCUT2D eigenvalue weighted by Gasteiger charge is -2.36. The normalized spacial score (nSPS) is 19.3. The number of hydrogen-bond donors (Lipinski definition) is 0. The van der Waals surface area contributed by atoms with Crippen molar-refractivity contribution < 1.29 is 13.2 Å². The van der Waals surface area contributed by atoms with Crippen molar-refractivity contribution in [2.75, 3.05) is 69.9 Å². The lowest BCUT2D eigenvalue weighted by atomic mass is 10.0. The highest BCUT2D eigenvalue weighted by Crippen LogP contribution is 2.34. The summed E-state index contributed by atoms with van der Waals surface area (Å²) in [5.74, 6) is 1.19. The van der Waals surface area contributed by atoms with Gasteiger partial charge in [0.1, 0.15) is 9.84 Å². The number of sulfone groups is 1. The van der Waals surface area contributed by atoms with Gasteiger partial charge >= 0.3 is 0 Å². The van der Waals surface area contributed by atoms with Gasteiger partial charge in [0.05, 0.1) is 29.2 Å². The van der Waals surface area contributed by atoms with Crippen LogP contribution in [0.2, 0.25) is 5.28 Å². The van der Waals surface area contributed by atoms with Crippen LogP contribution in [-0.2, 0) is 21.1 Å². The Morgan fingerprint density at radius 2 is 1.94 bits per heavy atom. The molecule has 2 fully saturated rings. The van der Waals surface area contributed by atoms with Crippen LogP contribution in [-0.4, -0.2) is 99.2 Å². The van der Waals surface area contributed by atoms with Gasteiger partial charge in [-0.3, -0.25) is 4.90 Å². The van der Waals surface area contributed by atoms with Crippen LogP contribution >= 0.6 is 22.9 Å². The van der Waals surface area contributed by atoms with Gasteiger partial charge in [-0.2, -0.15) is 4.98 Å². The standard InChI is InChI=1S/C21H32ClN5O3S2/c1-25(6-3-13-32(2,28)29)16-4-7-26(8-5-16)15-17-14-18-19(31-17)20(24-21(22)23-18)27-9-11-30-12-10-27/h14,16H,3-13,15H2,1-2H3. The van der Waals surface area contributed by atoms with Crippen LogP contribution in [0.1, 0.15) is 24.1 Å². The van der Waals surface area contributed by atoms with Gasteiger partial charge in [-0.25, -0.2) is 13.4 Å². The summed E-state index contributed by atoms with van der Waals surface area (Å²) in [5.41, 5.74) is 0.923. The lowest BCUT2D eigenvalue weighted by Crippen LogP contribution is -2.43. The number of piperidine rings is 1. The van der Waals surface area contributed by atoms with E-state index in [1.165, 1.54) is 11.1 Å². The average Bonchev–Trinajstić information content (AvgIpc) is 3.15. The molecule has 4 heterocycles. The molecule has 32 heavy (non-hydrogen) atoms. The van der Waals surface area contributed by atoms with E-state index in [-0.39, 0.29) is 5.75 Å². The lowest BCUT2D eigenvalue weighted by molar-refractivity contribution is 0.122. The Labute approximate surface area is 199 Å². The number of thiophene rings is 1. The number of fused-ring (bicyclic) bond motifs is 1. The van der Waals surface area contributed by atoms with Crippen molar-refractivity contribution in [3.63, 3.8) is 0 Å². The van der Waals surface area contributed by atoms with E-state index in [1.807, 2.05) is 0 Å². The molecule has 0 N–H and O–H groups in total. The second-order valence-corrected chi connectivity index (χ2v) is 12.5. The Bertz CT molecular complexity index is 1020. The monoisotopic (exact) mass is 501 g/mol. The van der Waals surface area contributed by atoms with Gasteiger partial charge in [-0.1, -0.05) is 0 Å². The molecule has 0 aliphatic carbocycles. The van der Waals surface area contributed by atoms with E-state index in [4.69, 9.17) is 16.3 Å². The third-order valence-corrected chi connectivity index (χ3v) is 8.58. The average molecular weight is 502 g/mol. The summed E-state index contributed by atoms with van der Waals surface area (Å²) >= 11 is 7.99. The molecule has 0 spiro atoms. The summed E-state index contributed by atoms with van der Waals surface area (Å²) in [6, 6.07) is 2.67. The fourth-order valence-electron chi connectivity index (χ4n) is 4.50. The fraction of sp³-hybridized carbons (Fsp3) is 0.714. The molecule has 178 valence electrons. The molecule has 2 aliphatic heterocycles. The Kier molecular flexibility index (Phi) is 7.89. The smallest absolute Gasteiger partial charge is 0.224 e. The van der Waals surface area contributed by atoms with Gasteiger partial charge in [-0.05, 0) is 50.5 Å². The maximum atomic E-state index is 11.4. The summed E-state index contributed by atoms with van der Waals surface area (Å²) in [4.78, 5) is 17.3. The van der Waals surface area contributed by atoms with Gasteiger partial charge in [0.25, 0.3) is 0 Å². The SMILES string of the molecule is CN(CCCS(C)(=O)=O)C1CCN(Cc2cc3nc(Cl)nc(N4CCOCC4)c3s2)CC1. The molecule has 0 aromatic carbocycles. The first-order chi connectivity index (χ1) is 15.3. The summed E-state index contributed by atoms with van der Waals surface area (Å²) in [6.45, 7) is 6.87. The second kappa shape index (κ2) is 10.5. The van der Waals surface area contributed by atoms with Gasteiger partial charge in [-0.15, -0.1) is 11.3 Å². The number of nitrogens with zero attached hydrogens (tertiary/aromatic N) is 5. The zero-order valence-corrected chi connectivity index (χ0v) is 21.2. The second-order valence-electron chi connectivity index (χ2n) is 8.81. The predicted octanol–water partition coefficient (Wildman–Crippen LogP) is 2.51. The summed E-state index contributed by atoms with van der Waals surface area (Å²) in [7, 11) is -0.764. The van der Waals surface area contributed by atoms with E-state index in [0.29, 0.717) is 31.0 Å². The maximum Gasteiger partial charge on any atom is 0.224 e. The molecule has 2 saturated heterocycles. The van der Waals surface area contributed by atoms with Crippen molar-refractivity contribution >= 4 is 48.8 Å². The number of aromatic nitrogens is 2. The van der Waals surface area contributed by atoms with Crippen LogP contribution in [0.15, 0.2) is 6.07 Å². The van der Waals surface area contributed by atoms with Crippen LogP contribution in [0.3, 0.4) is 0 Å². The Morgan fingerprint density at radius 1 is 1.22 bits per heavy atom. The highest BCUT2D eigenvalue weighted by atomic mass is 35.5. The minimum Gasteiger partial charge on any atom is -0.378 e. The van der Waals surface area contributed by atoms with Crippen LogP contribution in [0.25, 0.3) is 10.2 Å². The molecule has 2 aromatic heterocycles. The molecule has 11 heteroatoms. The molecule has 0 amide bonds. The van der Waals surface area contributed by atoms with Crippen LogP contribution < -0.4 is 4.90 Å². The zero-order valence-electron chi connectivity index (χ0n) is 18.8. The largest absolute Gasteiger partial charge is 0.378 e. The molecule has 8 nitrogen and oxygen atoms in total. The molecular weight excluding hydrogens is 470 g/mol. The fourth-order valence-corrected chi connectivity index (χ4v) is 6.48. The number of hydrogen-bond acceptors (Lipinski definition) is 9. The minimum absolute atomic E-state index is 0.265.